The molecule has 2 N–H and O–H groups in total. The minimum atomic E-state index is -0.122. The van der Waals surface area contributed by atoms with Crippen molar-refractivity contribution in [2.45, 2.75) is 56.6 Å². The summed E-state index contributed by atoms with van der Waals surface area (Å²) in [6.07, 6.45) is 10.3. The monoisotopic (exact) mass is 290 g/mol. The van der Waals surface area contributed by atoms with Crippen molar-refractivity contribution in [3.05, 3.63) is 18.1 Å². The smallest absolute Gasteiger partial charge is 0.144 e. The largest absolute Gasteiger partial charge is 0.391 e. The molecule has 1 aromatic rings. The number of aromatic nitrogens is 2. The molecule has 3 rings (SSSR count). The molecular weight excluding hydrogens is 264 g/mol. The lowest BCUT2D eigenvalue weighted by Crippen LogP contribution is -2.48. The summed E-state index contributed by atoms with van der Waals surface area (Å²) in [5.41, 5.74) is 1.10. The SMILES string of the molecule is CNc1cncc(C2CCN([C@@H]3CCCC[C@H]3O)CC2)n1. The predicted octanol–water partition coefficient (Wildman–Crippen LogP) is 2.00. The Bertz CT molecular complexity index is 459. The molecule has 0 amide bonds. The molecule has 1 aliphatic heterocycles. The first-order valence-corrected chi connectivity index (χ1v) is 8.19. The van der Waals surface area contributed by atoms with E-state index in [1.165, 1.54) is 12.8 Å². The van der Waals surface area contributed by atoms with Crippen molar-refractivity contribution in [2.24, 2.45) is 0 Å². The van der Waals surface area contributed by atoms with E-state index in [4.69, 9.17) is 0 Å². The van der Waals surface area contributed by atoms with Crippen molar-refractivity contribution in [3.8, 4) is 0 Å². The van der Waals surface area contributed by atoms with Crippen LogP contribution in [-0.2, 0) is 0 Å². The molecule has 0 spiro atoms. The molecular formula is C16H26N4O. The van der Waals surface area contributed by atoms with Gasteiger partial charge in [0.2, 0.25) is 0 Å². The van der Waals surface area contributed by atoms with Crippen molar-refractivity contribution in [3.63, 3.8) is 0 Å². The van der Waals surface area contributed by atoms with Gasteiger partial charge in [-0.2, -0.15) is 0 Å². The van der Waals surface area contributed by atoms with Gasteiger partial charge in [-0.05, 0) is 38.8 Å². The number of aliphatic hydroxyl groups excluding tert-OH is 1. The second-order valence-corrected chi connectivity index (χ2v) is 6.31. The van der Waals surface area contributed by atoms with Gasteiger partial charge in [0.05, 0.1) is 18.0 Å². The molecule has 2 fully saturated rings. The molecule has 2 aliphatic rings. The molecule has 0 unspecified atom stereocenters. The van der Waals surface area contributed by atoms with Crippen molar-refractivity contribution in [1.82, 2.24) is 14.9 Å². The third kappa shape index (κ3) is 3.35. The average molecular weight is 290 g/mol. The van der Waals surface area contributed by atoms with Gasteiger partial charge in [-0.3, -0.25) is 9.88 Å². The summed E-state index contributed by atoms with van der Waals surface area (Å²) in [7, 11) is 1.88. The van der Waals surface area contributed by atoms with E-state index >= 15 is 0 Å². The van der Waals surface area contributed by atoms with Gasteiger partial charge < -0.3 is 10.4 Å². The van der Waals surface area contributed by atoms with E-state index in [2.05, 4.69) is 20.2 Å². The molecule has 0 radical (unpaired) electrons. The fourth-order valence-electron chi connectivity index (χ4n) is 3.74. The van der Waals surface area contributed by atoms with Gasteiger partial charge in [0.25, 0.3) is 0 Å². The minimum Gasteiger partial charge on any atom is -0.391 e. The van der Waals surface area contributed by atoms with Crippen molar-refractivity contribution in [1.29, 1.82) is 0 Å². The highest BCUT2D eigenvalue weighted by Gasteiger charge is 2.32. The van der Waals surface area contributed by atoms with Crippen LogP contribution in [0.15, 0.2) is 12.4 Å². The lowest BCUT2D eigenvalue weighted by Gasteiger charge is -2.41. The van der Waals surface area contributed by atoms with Gasteiger partial charge in [0.1, 0.15) is 5.82 Å². The Balaban J connectivity index is 1.59. The molecule has 0 aromatic carbocycles. The summed E-state index contributed by atoms with van der Waals surface area (Å²) < 4.78 is 0. The minimum absolute atomic E-state index is 0.122. The van der Waals surface area contributed by atoms with E-state index in [9.17, 15) is 5.11 Å². The van der Waals surface area contributed by atoms with Gasteiger partial charge in [-0.1, -0.05) is 12.8 Å². The van der Waals surface area contributed by atoms with E-state index < -0.39 is 0 Å². The number of nitrogens with zero attached hydrogens (tertiary/aromatic N) is 3. The number of piperidine rings is 1. The summed E-state index contributed by atoms with van der Waals surface area (Å²) in [6.45, 7) is 2.13. The first kappa shape index (κ1) is 14.7. The Morgan fingerprint density at radius 3 is 2.62 bits per heavy atom. The van der Waals surface area contributed by atoms with Crippen LogP contribution in [0.4, 0.5) is 5.82 Å². The van der Waals surface area contributed by atoms with Crippen molar-refractivity contribution in [2.75, 3.05) is 25.5 Å². The van der Waals surface area contributed by atoms with Crippen LogP contribution in [0, 0.1) is 0 Å². The first-order valence-electron chi connectivity index (χ1n) is 8.19. The fourth-order valence-corrected chi connectivity index (χ4v) is 3.74. The van der Waals surface area contributed by atoms with E-state index in [-0.39, 0.29) is 6.10 Å². The normalized spacial score (nSPS) is 28.5. The summed E-state index contributed by atoms with van der Waals surface area (Å²) in [4.78, 5) is 11.4. The van der Waals surface area contributed by atoms with Crippen LogP contribution in [0.25, 0.3) is 0 Å². The molecule has 5 heteroatoms. The van der Waals surface area contributed by atoms with E-state index in [1.807, 2.05) is 13.2 Å². The number of hydrogen-bond acceptors (Lipinski definition) is 5. The van der Waals surface area contributed by atoms with Gasteiger partial charge in [0.15, 0.2) is 0 Å². The molecule has 1 aromatic heterocycles. The molecule has 1 saturated carbocycles. The Morgan fingerprint density at radius 1 is 1.14 bits per heavy atom. The summed E-state index contributed by atoms with van der Waals surface area (Å²) in [5.74, 6) is 1.35. The molecule has 0 bridgehead atoms. The van der Waals surface area contributed by atoms with Crippen molar-refractivity contribution < 1.29 is 5.11 Å². The van der Waals surface area contributed by atoms with Crippen LogP contribution < -0.4 is 5.32 Å². The molecule has 116 valence electrons. The Hall–Kier alpha value is -1.20. The molecule has 1 saturated heterocycles. The lowest BCUT2D eigenvalue weighted by molar-refractivity contribution is 0.00852. The fraction of sp³-hybridized carbons (Fsp3) is 0.750. The maximum absolute atomic E-state index is 10.2. The highest BCUT2D eigenvalue weighted by molar-refractivity contribution is 5.31. The maximum Gasteiger partial charge on any atom is 0.144 e. The zero-order valence-corrected chi connectivity index (χ0v) is 12.8. The zero-order chi connectivity index (χ0) is 14.7. The Morgan fingerprint density at radius 2 is 1.90 bits per heavy atom. The number of anilines is 1. The number of likely N-dealkylation sites (tertiary alicyclic amines) is 1. The van der Waals surface area contributed by atoms with Crippen LogP contribution in [0.5, 0.6) is 0 Å². The van der Waals surface area contributed by atoms with Gasteiger partial charge in [-0.25, -0.2) is 4.98 Å². The summed E-state index contributed by atoms with van der Waals surface area (Å²) >= 11 is 0. The van der Waals surface area contributed by atoms with E-state index in [1.54, 1.807) is 6.20 Å². The topological polar surface area (TPSA) is 61.3 Å². The highest BCUT2D eigenvalue weighted by Crippen LogP contribution is 2.31. The quantitative estimate of drug-likeness (QED) is 0.891. The Labute approximate surface area is 126 Å². The highest BCUT2D eigenvalue weighted by atomic mass is 16.3. The molecule has 1 aliphatic carbocycles. The molecule has 2 heterocycles. The average Bonchev–Trinajstić information content (AvgIpc) is 2.56. The predicted molar refractivity (Wildman–Crippen MR) is 83.4 cm³/mol. The van der Waals surface area contributed by atoms with Gasteiger partial charge in [-0.15, -0.1) is 0 Å². The lowest BCUT2D eigenvalue weighted by atomic mass is 9.87. The first-order chi connectivity index (χ1) is 10.3. The van der Waals surface area contributed by atoms with Crippen LogP contribution in [-0.4, -0.2) is 52.3 Å². The molecule has 2 atom stereocenters. The zero-order valence-electron chi connectivity index (χ0n) is 12.8. The second-order valence-electron chi connectivity index (χ2n) is 6.31. The molecule has 5 nitrogen and oxygen atoms in total. The van der Waals surface area contributed by atoms with Crippen LogP contribution in [0.2, 0.25) is 0 Å². The molecule has 21 heavy (non-hydrogen) atoms. The van der Waals surface area contributed by atoms with Crippen LogP contribution >= 0.6 is 0 Å². The number of rotatable bonds is 3. The van der Waals surface area contributed by atoms with Crippen LogP contribution in [0.1, 0.15) is 50.1 Å². The van der Waals surface area contributed by atoms with E-state index in [0.29, 0.717) is 12.0 Å². The van der Waals surface area contributed by atoms with Crippen molar-refractivity contribution >= 4 is 5.82 Å². The number of hydrogen-bond donors (Lipinski definition) is 2. The second kappa shape index (κ2) is 6.71. The third-order valence-corrected chi connectivity index (χ3v) is 5.02. The maximum atomic E-state index is 10.2. The number of aliphatic hydroxyl groups is 1. The summed E-state index contributed by atoms with van der Waals surface area (Å²) in [5, 5.41) is 13.3. The summed E-state index contributed by atoms with van der Waals surface area (Å²) in [6, 6.07) is 0.384. The van der Waals surface area contributed by atoms with Gasteiger partial charge in [0, 0.05) is 25.2 Å². The Kier molecular flexibility index (Phi) is 4.70. The third-order valence-electron chi connectivity index (χ3n) is 5.02. The standard InChI is InChI=1S/C16H26N4O/c1-17-16-11-18-10-13(19-16)12-6-8-20(9-7-12)14-4-2-3-5-15(14)21/h10-12,14-15,21H,2-9H2,1H3,(H,17,19)/t14-,15-/m1/s1. The van der Waals surface area contributed by atoms with E-state index in [0.717, 1.165) is 50.3 Å². The van der Waals surface area contributed by atoms with Gasteiger partial charge >= 0.3 is 0 Å². The van der Waals surface area contributed by atoms with Crippen LogP contribution in [0.3, 0.4) is 0 Å². The number of nitrogens with one attached hydrogen (secondary N) is 1.